The summed E-state index contributed by atoms with van der Waals surface area (Å²) in [5.74, 6) is -1.07. The highest BCUT2D eigenvalue weighted by Gasteiger charge is 2.10. The van der Waals surface area contributed by atoms with Crippen LogP contribution in [-0.4, -0.2) is 23.4 Å². The van der Waals surface area contributed by atoms with E-state index in [4.69, 9.17) is 10.8 Å². The summed E-state index contributed by atoms with van der Waals surface area (Å²) >= 11 is 0. The Hall–Kier alpha value is -1.68. The van der Waals surface area contributed by atoms with Gasteiger partial charge in [0.25, 0.3) is 0 Å². The molecular formula is C13H19NO3. The van der Waals surface area contributed by atoms with Gasteiger partial charge in [0.05, 0.1) is 5.56 Å². The molecule has 0 aliphatic heterocycles. The normalized spacial score (nSPS) is 9.18. The topological polar surface area (TPSA) is 80.4 Å². The fraction of sp³-hybridized carbons (Fsp3) is 0.385. The largest absolute Gasteiger partial charge is 0.478 e. The Balaban J connectivity index is 0.00000121. The van der Waals surface area contributed by atoms with Gasteiger partial charge in [-0.2, -0.15) is 0 Å². The lowest BCUT2D eigenvalue weighted by Gasteiger charge is -2.06. The number of carbonyl (C=O) groups excluding carboxylic acids is 1. The Morgan fingerprint density at radius 1 is 1.29 bits per heavy atom. The minimum absolute atomic E-state index is 0.0737. The molecule has 0 fully saturated rings. The highest BCUT2D eigenvalue weighted by molar-refractivity contribution is 5.97. The molecule has 94 valence electrons. The molecule has 1 rings (SSSR count). The molecular weight excluding hydrogens is 218 g/mol. The Morgan fingerprint density at radius 2 is 1.88 bits per heavy atom. The third kappa shape index (κ3) is 4.36. The van der Waals surface area contributed by atoms with Crippen LogP contribution in [0.1, 0.15) is 47.1 Å². The first-order chi connectivity index (χ1) is 8.06. The number of benzene rings is 1. The van der Waals surface area contributed by atoms with Crippen molar-refractivity contribution >= 4 is 11.8 Å². The van der Waals surface area contributed by atoms with Crippen molar-refractivity contribution in [2.75, 3.05) is 6.54 Å². The average molecular weight is 237 g/mol. The second-order valence-corrected chi connectivity index (χ2v) is 3.27. The molecule has 0 aromatic heterocycles. The number of carboxylic acid groups (broad SMARTS) is 1. The Kier molecular flexibility index (Phi) is 6.82. The van der Waals surface area contributed by atoms with Crippen LogP contribution in [0.2, 0.25) is 0 Å². The van der Waals surface area contributed by atoms with Crippen LogP contribution in [0.4, 0.5) is 0 Å². The lowest BCUT2D eigenvalue weighted by atomic mass is 9.99. The van der Waals surface area contributed by atoms with Crippen molar-refractivity contribution in [1.82, 2.24) is 0 Å². The van der Waals surface area contributed by atoms with E-state index in [1.165, 1.54) is 25.1 Å². The zero-order valence-electron chi connectivity index (χ0n) is 10.5. The molecule has 3 N–H and O–H groups in total. The maximum absolute atomic E-state index is 11.2. The molecule has 0 unspecified atom stereocenters. The molecule has 0 heterocycles. The van der Waals surface area contributed by atoms with Crippen LogP contribution in [0.3, 0.4) is 0 Å². The first-order valence-corrected chi connectivity index (χ1v) is 5.63. The molecule has 4 nitrogen and oxygen atoms in total. The quantitative estimate of drug-likeness (QED) is 0.786. The van der Waals surface area contributed by atoms with E-state index in [2.05, 4.69) is 0 Å². The van der Waals surface area contributed by atoms with Gasteiger partial charge in [-0.1, -0.05) is 19.9 Å². The fourth-order valence-electron chi connectivity index (χ4n) is 1.43. The number of hydrogen-bond acceptors (Lipinski definition) is 3. The third-order valence-electron chi connectivity index (χ3n) is 2.15. The predicted molar refractivity (Wildman–Crippen MR) is 67.5 cm³/mol. The van der Waals surface area contributed by atoms with E-state index in [0.717, 1.165) is 0 Å². The van der Waals surface area contributed by atoms with Gasteiger partial charge in [0.1, 0.15) is 0 Å². The SMILES string of the molecule is CC.CC(=O)c1ccc(C(=O)O)cc1CCN. The van der Waals surface area contributed by atoms with Crippen LogP contribution in [0.5, 0.6) is 0 Å². The monoisotopic (exact) mass is 237 g/mol. The first kappa shape index (κ1) is 15.3. The average Bonchev–Trinajstić information content (AvgIpc) is 2.31. The van der Waals surface area contributed by atoms with Crippen molar-refractivity contribution in [3.63, 3.8) is 0 Å². The Bertz CT molecular complexity index is 400. The predicted octanol–water partition coefficient (Wildman–Crippen LogP) is 2.11. The van der Waals surface area contributed by atoms with E-state index in [1.807, 2.05) is 13.8 Å². The molecule has 0 saturated heterocycles. The number of rotatable bonds is 4. The van der Waals surface area contributed by atoms with Crippen LogP contribution in [0.25, 0.3) is 0 Å². The molecule has 0 bridgehead atoms. The molecule has 0 amide bonds. The number of aromatic carboxylic acids is 1. The maximum atomic E-state index is 11.2. The molecule has 1 aromatic rings. The Morgan fingerprint density at radius 3 is 2.29 bits per heavy atom. The first-order valence-electron chi connectivity index (χ1n) is 5.63. The molecule has 0 aliphatic carbocycles. The van der Waals surface area contributed by atoms with E-state index >= 15 is 0 Å². The number of nitrogens with two attached hydrogens (primary N) is 1. The van der Waals surface area contributed by atoms with Crippen molar-refractivity contribution < 1.29 is 14.7 Å². The van der Waals surface area contributed by atoms with Crippen LogP contribution in [0.15, 0.2) is 18.2 Å². The van der Waals surface area contributed by atoms with E-state index in [9.17, 15) is 9.59 Å². The van der Waals surface area contributed by atoms with E-state index in [1.54, 1.807) is 0 Å². The lowest BCUT2D eigenvalue weighted by Crippen LogP contribution is -2.09. The van der Waals surface area contributed by atoms with Crippen molar-refractivity contribution in [3.8, 4) is 0 Å². The summed E-state index contributed by atoms with van der Waals surface area (Å²) in [5, 5.41) is 8.79. The second kappa shape index (κ2) is 7.57. The highest BCUT2D eigenvalue weighted by Crippen LogP contribution is 2.13. The smallest absolute Gasteiger partial charge is 0.335 e. The summed E-state index contributed by atoms with van der Waals surface area (Å²) in [7, 11) is 0. The summed E-state index contributed by atoms with van der Waals surface area (Å²) < 4.78 is 0. The number of carboxylic acids is 1. The molecule has 4 heteroatoms. The second-order valence-electron chi connectivity index (χ2n) is 3.27. The third-order valence-corrected chi connectivity index (χ3v) is 2.15. The zero-order chi connectivity index (χ0) is 13.4. The summed E-state index contributed by atoms with van der Waals surface area (Å²) in [6, 6.07) is 4.47. The van der Waals surface area contributed by atoms with E-state index in [-0.39, 0.29) is 11.3 Å². The van der Waals surface area contributed by atoms with Gasteiger partial charge in [-0.3, -0.25) is 4.79 Å². The molecule has 0 aliphatic rings. The Labute approximate surface area is 101 Å². The highest BCUT2D eigenvalue weighted by atomic mass is 16.4. The standard InChI is InChI=1S/C11H13NO3.C2H6/c1-7(13)10-3-2-9(11(14)15)6-8(10)4-5-12;1-2/h2-3,6H,4-5,12H2,1H3,(H,14,15);1-2H3. The van der Waals surface area contributed by atoms with Crippen LogP contribution >= 0.6 is 0 Å². The summed E-state index contributed by atoms with van der Waals surface area (Å²) in [4.78, 5) is 22.0. The number of Topliss-reactive ketones (excluding diaryl/α,β-unsaturated/α-hetero) is 1. The summed E-state index contributed by atoms with van der Waals surface area (Å²) in [6.07, 6.45) is 0.510. The number of hydrogen-bond donors (Lipinski definition) is 2. The number of carbonyl (C=O) groups is 2. The summed E-state index contributed by atoms with van der Waals surface area (Å²) in [6.45, 7) is 5.85. The molecule has 0 spiro atoms. The van der Waals surface area contributed by atoms with E-state index < -0.39 is 5.97 Å². The van der Waals surface area contributed by atoms with Gasteiger partial charge < -0.3 is 10.8 Å². The van der Waals surface area contributed by atoms with Crippen molar-refractivity contribution in [3.05, 3.63) is 34.9 Å². The fourth-order valence-corrected chi connectivity index (χ4v) is 1.43. The van der Waals surface area contributed by atoms with Gasteiger partial charge in [0.15, 0.2) is 5.78 Å². The molecule has 17 heavy (non-hydrogen) atoms. The van der Waals surface area contributed by atoms with Crippen molar-refractivity contribution in [2.45, 2.75) is 27.2 Å². The van der Waals surface area contributed by atoms with Gasteiger partial charge in [0, 0.05) is 5.56 Å². The molecule has 0 atom stereocenters. The van der Waals surface area contributed by atoms with Gasteiger partial charge in [-0.25, -0.2) is 4.79 Å². The van der Waals surface area contributed by atoms with Gasteiger partial charge in [0.2, 0.25) is 0 Å². The van der Waals surface area contributed by atoms with E-state index in [0.29, 0.717) is 24.1 Å². The summed E-state index contributed by atoms with van der Waals surface area (Å²) in [5.41, 5.74) is 6.83. The van der Waals surface area contributed by atoms with Crippen LogP contribution < -0.4 is 5.73 Å². The molecule has 0 radical (unpaired) electrons. The molecule has 1 aromatic carbocycles. The number of ketones is 1. The minimum Gasteiger partial charge on any atom is -0.478 e. The van der Waals surface area contributed by atoms with Gasteiger partial charge >= 0.3 is 5.97 Å². The zero-order valence-corrected chi connectivity index (χ0v) is 10.5. The lowest BCUT2D eigenvalue weighted by molar-refractivity contribution is 0.0696. The maximum Gasteiger partial charge on any atom is 0.335 e. The van der Waals surface area contributed by atoms with Crippen molar-refractivity contribution in [1.29, 1.82) is 0 Å². The van der Waals surface area contributed by atoms with Crippen molar-refractivity contribution in [2.24, 2.45) is 5.73 Å². The molecule has 0 saturated carbocycles. The van der Waals surface area contributed by atoms with Crippen LogP contribution in [0, 0.1) is 0 Å². The minimum atomic E-state index is -0.997. The van der Waals surface area contributed by atoms with Crippen LogP contribution in [-0.2, 0) is 6.42 Å². The van der Waals surface area contributed by atoms with Gasteiger partial charge in [-0.15, -0.1) is 0 Å². The van der Waals surface area contributed by atoms with Gasteiger partial charge in [-0.05, 0) is 37.6 Å².